The minimum absolute atomic E-state index is 0.00489. The Morgan fingerprint density at radius 1 is 1.04 bits per heavy atom. The highest BCUT2D eigenvalue weighted by Gasteiger charge is 2.35. The van der Waals surface area contributed by atoms with E-state index in [1.165, 1.54) is 6.07 Å². The van der Waals surface area contributed by atoms with E-state index in [-0.39, 0.29) is 11.3 Å². The zero-order chi connectivity index (χ0) is 20.3. The van der Waals surface area contributed by atoms with Crippen LogP contribution in [0.25, 0.3) is 0 Å². The number of hydrogen-bond donors (Lipinski definition) is 2. The molecule has 5 nitrogen and oxygen atoms in total. The molecule has 9 heteroatoms. The van der Waals surface area contributed by atoms with Crippen molar-refractivity contribution in [3.63, 3.8) is 0 Å². The average Bonchev–Trinajstić information content (AvgIpc) is 3.17. The van der Waals surface area contributed by atoms with E-state index in [1.807, 2.05) is 0 Å². The third-order valence-electron chi connectivity index (χ3n) is 4.17. The number of halogens is 4. The van der Waals surface area contributed by atoms with Crippen molar-refractivity contribution in [1.29, 1.82) is 0 Å². The lowest BCUT2D eigenvalue weighted by Gasteiger charge is -2.17. The molecule has 0 bridgehead atoms. The first-order valence-electron chi connectivity index (χ1n) is 8.44. The van der Waals surface area contributed by atoms with Crippen molar-refractivity contribution in [1.82, 2.24) is 0 Å². The summed E-state index contributed by atoms with van der Waals surface area (Å²) in [5, 5.41) is 4.57. The summed E-state index contributed by atoms with van der Waals surface area (Å²) in [6.45, 7) is 0.431. The van der Waals surface area contributed by atoms with Crippen LogP contribution in [0.4, 0.5) is 28.9 Å². The zero-order valence-corrected chi connectivity index (χ0v) is 14.5. The summed E-state index contributed by atoms with van der Waals surface area (Å²) < 4.78 is 58.4. The Morgan fingerprint density at radius 3 is 2.36 bits per heavy atom. The van der Waals surface area contributed by atoms with Gasteiger partial charge in [0.2, 0.25) is 0 Å². The second-order valence-electron chi connectivity index (χ2n) is 6.21. The predicted molar refractivity (Wildman–Crippen MR) is 93.4 cm³/mol. The first-order chi connectivity index (χ1) is 13.2. The Morgan fingerprint density at radius 2 is 1.75 bits per heavy atom. The van der Waals surface area contributed by atoms with E-state index in [1.54, 1.807) is 0 Å². The number of benzene rings is 2. The summed E-state index contributed by atoms with van der Waals surface area (Å²) in [7, 11) is 0. The monoisotopic (exact) mass is 396 g/mol. The van der Waals surface area contributed by atoms with Crippen molar-refractivity contribution in [3.8, 4) is 0 Å². The molecule has 1 aliphatic heterocycles. The van der Waals surface area contributed by atoms with E-state index in [0.717, 1.165) is 36.4 Å². The number of hydrogen-bond acceptors (Lipinski definition) is 3. The van der Waals surface area contributed by atoms with Gasteiger partial charge in [-0.15, -0.1) is 0 Å². The molecule has 2 aromatic rings. The highest BCUT2D eigenvalue weighted by molar-refractivity contribution is 6.05. The second-order valence-corrected chi connectivity index (χ2v) is 6.21. The lowest BCUT2D eigenvalue weighted by molar-refractivity contribution is -0.137. The van der Waals surface area contributed by atoms with E-state index < -0.39 is 41.2 Å². The summed E-state index contributed by atoms with van der Waals surface area (Å²) >= 11 is 0. The van der Waals surface area contributed by atoms with Crippen molar-refractivity contribution in [2.45, 2.75) is 25.1 Å². The van der Waals surface area contributed by atoms with Crippen LogP contribution in [0.5, 0.6) is 0 Å². The number of anilines is 2. The molecule has 1 atom stereocenters. The fraction of sp³-hybridized carbons (Fsp3) is 0.263. The first kappa shape index (κ1) is 19.8. The van der Waals surface area contributed by atoms with Gasteiger partial charge in [-0.3, -0.25) is 9.59 Å². The Labute approximate surface area is 157 Å². The minimum atomic E-state index is -4.77. The van der Waals surface area contributed by atoms with Crippen LogP contribution in [0.1, 0.15) is 28.8 Å². The summed E-state index contributed by atoms with van der Waals surface area (Å²) in [6.07, 6.45) is -4.24. The highest BCUT2D eigenvalue weighted by atomic mass is 19.4. The van der Waals surface area contributed by atoms with Crippen LogP contribution in [-0.4, -0.2) is 24.5 Å². The maximum Gasteiger partial charge on any atom is 0.418 e. The molecule has 0 aromatic heterocycles. The number of carbonyl (C=O) groups is 2. The van der Waals surface area contributed by atoms with Crippen molar-refractivity contribution < 1.29 is 31.9 Å². The number of ether oxygens (including phenoxy) is 1. The predicted octanol–water partition coefficient (Wildman–Crippen LogP) is 4.21. The molecule has 0 aliphatic carbocycles. The maximum absolute atomic E-state index is 13.4. The molecule has 1 unspecified atom stereocenters. The smallest absolute Gasteiger partial charge is 0.368 e. The highest BCUT2D eigenvalue weighted by Crippen LogP contribution is 2.37. The first-order valence-corrected chi connectivity index (χ1v) is 8.44. The molecule has 2 aromatic carbocycles. The van der Waals surface area contributed by atoms with Gasteiger partial charge < -0.3 is 15.4 Å². The van der Waals surface area contributed by atoms with Gasteiger partial charge in [-0.1, -0.05) is 0 Å². The van der Waals surface area contributed by atoms with Crippen LogP contribution in [-0.2, 0) is 15.7 Å². The Hall–Kier alpha value is -2.94. The van der Waals surface area contributed by atoms with E-state index in [0.29, 0.717) is 19.4 Å². The van der Waals surface area contributed by atoms with Crippen molar-refractivity contribution in [2.75, 3.05) is 17.2 Å². The van der Waals surface area contributed by atoms with Gasteiger partial charge in [-0.25, -0.2) is 4.39 Å². The van der Waals surface area contributed by atoms with Crippen molar-refractivity contribution >= 4 is 23.2 Å². The van der Waals surface area contributed by atoms with Gasteiger partial charge in [0.1, 0.15) is 11.9 Å². The van der Waals surface area contributed by atoms with E-state index in [2.05, 4.69) is 10.6 Å². The molecule has 2 amide bonds. The maximum atomic E-state index is 13.4. The number of alkyl halides is 3. The Bertz CT molecular complexity index is 876. The van der Waals surface area contributed by atoms with Crippen LogP contribution in [0, 0.1) is 5.82 Å². The van der Waals surface area contributed by atoms with Gasteiger partial charge in [0.05, 0.1) is 11.3 Å². The van der Waals surface area contributed by atoms with Gasteiger partial charge in [0.25, 0.3) is 11.8 Å². The summed E-state index contributed by atoms with van der Waals surface area (Å²) in [4.78, 5) is 24.2. The van der Waals surface area contributed by atoms with Gasteiger partial charge in [-0.2, -0.15) is 13.2 Å². The zero-order valence-electron chi connectivity index (χ0n) is 14.5. The van der Waals surface area contributed by atoms with Gasteiger partial charge in [0, 0.05) is 17.9 Å². The fourth-order valence-electron chi connectivity index (χ4n) is 2.77. The van der Waals surface area contributed by atoms with Crippen molar-refractivity contribution in [3.05, 3.63) is 59.4 Å². The van der Waals surface area contributed by atoms with Crippen LogP contribution in [0.2, 0.25) is 0 Å². The molecule has 1 heterocycles. The average molecular weight is 396 g/mol. The minimum Gasteiger partial charge on any atom is -0.368 e. The topological polar surface area (TPSA) is 67.4 Å². The largest absolute Gasteiger partial charge is 0.418 e. The van der Waals surface area contributed by atoms with Gasteiger partial charge in [-0.05, 0) is 55.3 Å². The Kier molecular flexibility index (Phi) is 5.64. The number of amides is 2. The lowest BCUT2D eigenvalue weighted by Crippen LogP contribution is -2.27. The normalized spacial score (nSPS) is 16.6. The molecular formula is C19H16F4N2O3. The molecule has 1 aliphatic rings. The quantitative estimate of drug-likeness (QED) is 0.761. The molecule has 148 valence electrons. The second kappa shape index (κ2) is 7.97. The molecule has 0 spiro atoms. The summed E-state index contributed by atoms with van der Waals surface area (Å²) in [6, 6.07) is 7.43. The van der Waals surface area contributed by atoms with Gasteiger partial charge in [0.15, 0.2) is 0 Å². The standard InChI is InChI=1S/C19H16F4N2O3/c20-12-5-3-11(4-6-12)17(26)25-15-8-7-13(10-14(15)19(21,22)23)24-18(27)16-2-1-9-28-16/h3-8,10,16H,1-2,9H2,(H,24,27)(H,25,26). The molecule has 0 saturated carbocycles. The van der Waals surface area contributed by atoms with Crippen LogP contribution >= 0.6 is 0 Å². The van der Waals surface area contributed by atoms with Crippen molar-refractivity contribution in [2.24, 2.45) is 0 Å². The van der Waals surface area contributed by atoms with Crippen LogP contribution < -0.4 is 10.6 Å². The Balaban J connectivity index is 1.81. The van der Waals surface area contributed by atoms with E-state index in [4.69, 9.17) is 4.74 Å². The number of nitrogens with one attached hydrogen (secondary N) is 2. The third kappa shape index (κ3) is 4.66. The molecule has 28 heavy (non-hydrogen) atoms. The molecule has 3 rings (SSSR count). The third-order valence-corrected chi connectivity index (χ3v) is 4.17. The summed E-state index contributed by atoms with van der Waals surface area (Å²) in [5.74, 6) is -1.91. The van der Waals surface area contributed by atoms with E-state index in [9.17, 15) is 27.2 Å². The molecule has 1 fully saturated rings. The van der Waals surface area contributed by atoms with Crippen LogP contribution in [0.15, 0.2) is 42.5 Å². The molecular weight excluding hydrogens is 380 g/mol. The number of rotatable bonds is 4. The van der Waals surface area contributed by atoms with Crippen LogP contribution in [0.3, 0.4) is 0 Å². The van der Waals surface area contributed by atoms with Gasteiger partial charge >= 0.3 is 6.18 Å². The molecule has 1 saturated heterocycles. The summed E-state index contributed by atoms with van der Waals surface area (Å²) in [5.41, 5.74) is -1.65. The SMILES string of the molecule is O=C(Nc1ccc(NC(=O)C2CCCO2)cc1C(F)(F)F)c1ccc(F)cc1. The fourth-order valence-corrected chi connectivity index (χ4v) is 2.77. The van der Waals surface area contributed by atoms with E-state index >= 15 is 0 Å². The molecule has 0 radical (unpaired) electrons. The lowest BCUT2D eigenvalue weighted by atomic mass is 10.1. The number of carbonyl (C=O) groups excluding carboxylic acids is 2. The molecule has 2 N–H and O–H groups in total.